The maximum Gasteiger partial charge on any atom is 0.0594 e. The highest BCUT2D eigenvalue weighted by molar-refractivity contribution is 4.68. The number of hydrogen-bond donors (Lipinski definition) is 1. The van der Waals surface area contributed by atoms with Crippen molar-refractivity contribution < 1.29 is 4.74 Å². The first-order valence-corrected chi connectivity index (χ1v) is 6.90. The molecular formula is C13H28N2O. The van der Waals surface area contributed by atoms with Crippen LogP contribution < -0.4 is 5.32 Å². The predicted octanol–water partition coefficient (Wildman–Crippen LogP) is 1.88. The Kier molecular flexibility index (Phi) is 7.81. The van der Waals surface area contributed by atoms with Gasteiger partial charge in [0.1, 0.15) is 0 Å². The largest absolute Gasteiger partial charge is 0.379 e. The van der Waals surface area contributed by atoms with Crippen molar-refractivity contribution in [2.45, 2.75) is 45.6 Å². The number of ether oxygens (including phenoxy) is 1. The van der Waals surface area contributed by atoms with Gasteiger partial charge in [-0.2, -0.15) is 0 Å². The van der Waals surface area contributed by atoms with Crippen molar-refractivity contribution in [3.63, 3.8) is 0 Å². The Morgan fingerprint density at radius 3 is 2.31 bits per heavy atom. The molecule has 0 bridgehead atoms. The van der Waals surface area contributed by atoms with Crippen molar-refractivity contribution in [1.29, 1.82) is 0 Å². The van der Waals surface area contributed by atoms with Crippen molar-refractivity contribution in [3.05, 3.63) is 0 Å². The Bertz CT molecular complexity index is 152. The van der Waals surface area contributed by atoms with Crippen molar-refractivity contribution in [2.75, 3.05) is 39.4 Å². The van der Waals surface area contributed by atoms with E-state index in [4.69, 9.17) is 4.74 Å². The van der Waals surface area contributed by atoms with Crippen molar-refractivity contribution >= 4 is 0 Å². The minimum absolute atomic E-state index is 0.732. The lowest BCUT2D eigenvalue weighted by molar-refractivity contribution is 0.0380. The Labute approximate surface area is 101 Å². The van der Waals surface area contributed by atoms with Crippen LogP contribution in [0.15, 0.2) is 0 Å². The Hall–Kier alpha value is -0.120. The third-order valence-electron chi connectivity index (χ3n) is 3.24. The summed E-state index contributed by atoms with van der Waals surface area (Å²) in [4.78, 5) is 2.49. The fourth-order valence-electron chi connectivity index (χ4n) is 2.30. The molecule has 0 saturated carbocycles. The predicted molar refractivity (Wildman–Crippen MR) is 68.9 cm³/mol. The normalized spacial score (nSPS) is 18.2. The minimum Gasteiger partial charge on any atom is -0.379 e. The second-order valence-corrected chi connectivity index (χ2v) is 4.68. The molecule has 3 heteroatoms. The molecule has 0 atom stereocenters. The quantitative estimate of drug-likeness (QED) is 0.686. The van der Waals surface area contributed by atoms with Crippen LogP contribution in [0.25, 0.3) is 0 Å². The van der Waals surface area contributed by atoms with Gasteiger partial charge >= 0.3 is 0 Å². The fourth-order valence-corrected chi connectivity index (χ4v) is 2.30. The van der Waals surface area contributed by atoms with Gasteiger partial charge in [0.2, 0.25) is 0 Å². The van der Waals surface area contributed by atoms with Crippen LogP contribution in [0.2, 0.25) is 0 Å². The summed E-state index contributed by atoms with van der Waals surface area (Å²) >= 11 is 0. The van der Waals surface area contributed by atoms with Crippen LogP contribution in [-0.4, -0.2) is 50.3 Å². The molecule has 0 aromatic heterocycles. The van der Waals surface area contributed by atoms with E-state index in [0.29, 0.717) is 0 Å². The van der Waals surface area contributed by atoms with Crippen LogP contribution in [-0.2, 0) is 4.74 Å². The average molecular weight is 228 g/mol. The van der Waals surface area contributed by atoms with Gasteiger partial charge in [0.25, 0.3) is 0 Å². The van der Waals surface area contributed by atoms with Crippen LogP contribution in [0.5, 0.6) is 0 Å². The van der Waals surface area contributed by atoms with Crippen molar-refractivity contribution in [1.82, 2.24) is 10.2 Å². The molecule has 0 aliphatic carbocycles. The van der Waals surface area contributed by atoms with Crippen LogP contribution in [0.3, 0.4) is 0 Å². The second kappa shape index (κ2) is 8.97. The molecule has 1 fully saturated rings. The fraction of sp³-hybridized carbons (Fsp3) is 1.00. The summed E-state index contributed by atoms with van der Waals surface area (Å²) < 4.78 is 5.34. The molecule has 0 aromatic rings. The molecule has 96 valence electrons. The van der Waals surface area contributed by atoms with Crippen LogP contribution in [0.1, 0.15) is 39.5 Å². The van der Waals surface area contributed by atoms with Crippen LogP contribution in [0.4, 0.5) is 0 Å². The summed E-state index contributed by atoms with van der Waals surface area (Å²) in [7, 11) is 0. The summed E-state index contributed by atoms with van der Waals surface area (Å²) in [5.74, 6) is 0. The Morgan fingerprint density at radius 1 is 1.12 bits per heavy atom. The molecule has 0 amide bonds. The number of nitrogens with one attached hydrogen (secondary N) is 1. The number of hydrogen-bond acceptors (Lipinski definition) is 3. The monoisotopic (exact) mass is 228 g/mol. The van der Waals surface area contributed by atoms with E-state index in [1.54, 1.807) is 0 Å². The summed E-state index contributed by atoms with van der Waals surface area (Å²) in [6.07, 6.45) is 5.21. The molecule has 0 aromatic carbocycles. The smallest absolute Gasteiger partial charge is 0.0594 e. The van der Waals surface area contributed by atoms with E-state index in [1.165, 1.54) is 32.2 Å². The summed E-state index contributed by atoms with van der Waals surface area (Å²) in [5.41, 5.74) is 0. The van der Waals surface area contributed by atoms with E-state index < -0.39 is 0 Å². The van der Waals surface area contributed by atoms with Gasteiger partial charge in [-0.25, -0.2) is 0 Å². The van der Waals surface area contributed by atoms with E-state index in [-0.39, 0.29) is 0 Å². The number of morpholine rings is 1. The van der Waals surface area contributed by atoms with E-state index >= 15 is 0 Å². The van der Waals surface area contributed by atoms with Gasteiger partial charge in [-0.3, -0.25) is 4.90 Å². The zero-order valence-corrected chi connectivity index (χ0v) is 11.0. The average Bonchev–Trinajstić information content (AvgIpc) is 2.31. The maximum absolute atomic E-state index is 5.34. The standard InChI is InChI=1S/C13H28N2O/c1-3-5-13(6-4-2)14-7-8-15-9-11-16-12-10-15/h13-14H,3-12H2,1-2H3. The lowest BCUT2D eigenvalue weighted by Gasteiger charge is -2.27. The van der Waals surface area contributed by atoms with E-state index in [2.05, 4.69) is 24.1 Å². The lowest BCUT2D eigenvalue weighted by atomic mass is 10.1. The zero-order chi connectivity index (χ0) is 11.6. The highest BCUT2D eigenvalue weighted by atomic mass is 16.5. The molecule has 1 rings (SSSR count). The van der Waals surface area contributed by atoms with Gasteiger partial charge < -0.3 is 10.1 Å². The third kappa shape index (κ3) is 5.83. The van der Waals surface area contributed by atoms with E-state index in [0.717, 1.165) is 38.9 Å². The summed E-state index contributed by atoms with van der Waals surface area (Å²) in [5, 5.41) is 3.69. The number of rotatable bonds is 8. The molecule has 1 aliphatic heterocycles. The summed E-state index contributed by atoms with van der Waals surface area (Å²) in [6.45, 7) is 10.9. The number of nitrogens with zero attached hydrogens (tertiary/aromatic N) is 1. The van der Waals surface area contributed by atoms with E-state index in [1.807, 2.05) is 0 Å². The van der Waals surface area contributed by atoms with Gasteiger partial charge in [-0.1, -0.05) is 26.7 Å². The molecule has 0 unspecified atom stereocenters. The van der Waals surface area contributed by atoms with Crippen LogP contribution >= 0.6 is 0 Å². The molecule has 1 saturated heterocycles. The molecule has 3 nitrogen and oxygen atoms in total. The highest BCUT2D eigenvalue weighted by Gasteiger charge is 2.10. The van der Waals surface area contributed by atoms with Gasteiger partial charge in [-0.15, -0.1) is 0 Å². The molecule has 16 heavy (non-hydrogen) atoms. The molecule has 1 heterocycles. The first-order chi connectivity index (χ1) is 7.86. The highest BCUT2D eigenvalue weighted by Crippen LogP contribution is 2.04. The SMILES string of the molecule is CCCC(CCC)NCCN1CCOCC1. The van der Waals surface area contributed by atoms with Gasteiger partial charge in [0, 0.05) is 32.2 Å². The molecule has 1 N–H and O–H groups in total. The lowest BCUT2D eigenvalue weighted by Crippen LogP contribution is -2.42. The van der Waals surface area contributed by atoms with Crippen molar-refractivity contribution in [3.8, 4) is 0 Å². The van der Waals surface area contributed by atoms with Gasteiger partial charge in [0.15, 0.2) is 0 Å². The molecular weight excluding hydrogens is 200 g/mol. The minimum atomic E-state index is 0.732. The van der Waals surface area contributed by atoms with Crippen LogP contribution in [0, 0.1) is 0 Å². The van der Waals surface area contributed by atoms with E-state index in [9.17, 15) is 0 Å². The Balaban J connectivity index is 2.06. The van der Waals surface area contributed by atoms with Gasteiger partial charge in [0.05, 0.1) is 13.2 Å². The molecule has 0 spiro atoms. The first-order valence-electron chi connectivity index (χ1n) is 6.90. The third-order valence-corrected chi connectivity index (χ3v) is 3.24. The topological polar surface area (TPSA) is 24.5 Å². The summed E-state index contributed by atoms with van der Waals surface area (Å²) in [6, 6.07) is 0.732. The van der Waals surface area contributed by atoms with Crippen molar-refractivity contribution in [2.24, 2.45) is 0 Å². The maximum atomic E-state index is 5.34. The second-order valence-electron chi connectivity index (χ2n) is 4.68. The van der Waals surface area contributed by atoms with Gasteiger partial charge in [-0.05, 0) is 12.8 Å². The molecule has 0 radical (unpaired) electrons. The zero-order valence-electron chi connectivity index (χ0n) is 11.0. The Morgan fingerprint density at radius 2 is 1.75 bits per heavy atom. The molecule has 1 aliphatic rings. The first kappa shape index (κ1) is 13.9.